The number of esters is 1. The minimum atomic E-state index is -0.496. The summed E-state index contributed by atoms with van der Waals surface area (Å²) in [6.45, 7) is 5.88. The van der Waals surface area contributed by atoms with Gasteiger partial charge < -0.3 is 20.1 Å². The highest BCUT2D eigenvalue weighted by molar-refractivity contribution is 5.75. The molecule has 0 fully saturated rings. The summed E-state index contributed by atoms with van der Waals surface area (Å²) in [6, 6.07) is -0.338. The number of nitrogens with one attached hydrogen (secondary N) is 2. The lowest BCUT2D eigenvalue weighted by molar-refractivity contribution is -0.143. The van der Waals surface area contributed by atoms with Crippen LogP contribution in [-0.2, 0) is 14.3 Å². The molecular weight excluding hydrogens is 236 g/mol. The van der Waals surface area contributed by atoms with E-state index in [9.17, 15) is 9.59 Å². The van der Waals surface area contributed by atoms with Crippen LogP contribution in [0.2, 0.25) is 0 Å². The molecule has 2 N–H and O–H groups in total. The molecule has 0 saturated heterocycles. The summed E-state index contributed by atoms with van der Waals surface area (Å²) in [4.78, 5) is 22.6. The van der Waals surface area contributed by atoms with Crippen LogP contribution in [0.15, 0.2) is 0 Å². The molecular formula is C12H24N2O4. The van der Waals surface area contributed by atoms with Crippen molar-refractivity contribution in [3.8, 4) is 0 Å². The Morgan fingerprint density at radius 1 is 1.28 bits per heavy atom. The number of hydrogen-bond acceptors (Lipinski definition) is 5. The predicted octanol–water partition coefficient (Wildman–Crippen LogP) is 1.05. The SMILES string of the molecule is CN[C@@H](CCCNC(=O)OC(C)(C)C)C(=O)OC. The fourth-order valence-corrected chi connectivity index (χ4v) is 1.33. The van der Waals surface area contributed by atoms with Gasteiger partial charge in [0.15, 0.2) is 0 Å². The van der Waals surface area contributed by atoms with Gasteiger partial charge in [-0.3, -0.25) is 4.79 Å². The quantitative estimate of drug-likeness (QED) is 0.551. The Kier molecular flexibility index (Phi) is 7.35. The molecule has 0 aromatic heterocycles. The van der Waals surface area contributed by atoms with Crippen LogP contribution in [0.25, 0.3) is 0 Å². The lowest BCUT2D eigenvalue weighted by atomic mass is 10.1. The largest absolute Gasteiger partial charge is 0.468 e. The first-order chi connectivity index (χ1) is 8.30. The van der Waals surface area contributed by atoms with Crippen LogP contribution in [-0.4, -0.2) is 44.4 Å². The third-order valence-electron chi connectivity index (χ3n) is 2.17. The van der Waals surface area contributed by atoms with Gasteiger partial charge in [-0.15, -0.1) is 0 Å². The Hall–Kier alpha value is -1.30. The maximum atomic E-state index is 11.3. The van der Waals surface area contributed by atoms with E-state index in [0.717, 1.165) is 0 Å². The number of amides is 1. The number of methoxy groups -OCH3 is 1. The summed E-state index contributed by atoms with van der Waals surface area (Å²) >= 11 is 0. The molecule has 0 heterocycles. The van der Waals surface area contributed by atoms with Crippen LogP contribution in [0.3, 0.4) is 0 Å². The Balaban J connectivity index is 3.79. The van der Waals surface area contributed by atoms with Gasteiger partial charge in [0.1, 0.15) is 11.6 Å². The van der Waals surface area contributed by atoms with Crippen molar-refractivity contribution in [3.05, 3.63) is 0 Å². The van der Waals surface area contributed by atoms with Gasteiger partial charge in [-0.1, -0.05) is 0 Å². The summed E-state index contributed by atoms with van der Waals surface area (Å²) in [6.07, 6.45) is 0.820. The summed E-state index contributed by atoms with van der Waals surface area (Å²) in [5, 5.41) is 5.50. The summed E-state index contributed by atoms with van der Waals surface area (Å²) in [7, 11) is 3.05. The zero-order valence-corrected chi connectivity index (χ0v) is 11.8. The van der Waals surface area contributed by atoms with E-state index in [0.29, 0.717) is 19.4 Å². The number of ether oxygens (including phenoxy) is 2. The molecule has 0 bridgehead atoms. The lowest BCUT2D eigenvalue weighted by Crippen LogP contribution is -2.37. The first kappa shape index (κ1) is 16.7. The van der Waals surface area contributed by atoms with Crippen LogP contribution in [0.5, 0.6) is 0 Å². The summed E-state index contributed by atoms with van der Waals surface area (Å²) < 4.78 is 9.72. The van der Waals surface area contributed by atoms with E-state index in [1.165, 1.54) is 7.11 Å². The van der Waals surface area contributed by atoms with Crippen molar-refractivity contribution >= 4 is 12.1 Å². The Morgan fingerprint density at radius 3 is 2.33 bits per heavy atom. The molecule has 6 nitrogen and oxygen atoms in total. The molecule has 1 amide bonds. The van der Waals surface area contributed by atoms with Crippen LogP contribution in [0.4, 0.5) is 4.79 Å². The third-order valence-corrected chi connectivity index (χ3v) is 2.17. The monoisotopic (exact) mass is 260 g/mol. The van der Waals surface area contributed by atoms with Crippen molar-refractivity contribution in [2.45, 2.75) is 45.3 Å². The van der Waals surface area contributed by atoms with E-state index in [1.807, 2.05) is 0 Å². The predicted molar refractivity (Wildman–Crippen MR) is 68.3 cm³/mol. The molecule has 6 heteroatoms. The van der Waals surface area contributed by atoms with Crippen molar-refractivity contribution in [1.82, 2.24) is 10.6 Å². The molecule has 0 unspecified atom stereocenters. The van der Waals surface area contributed by atoms with E-state index >= 15 is 0 Å². The molecule has 0 aliphatic heterocycles. The highest BCUT2D eigenvalue weighted by atomic mass is 16.6. The molecule has 0 saturated carbocycles. The van der Waals surface area contributed by atoms with Crippen molar-refractivity contribution in [3.63, 3.8) is 0 Å². The lowest BCUT2D eigenvalue weighted by Gasteiger charge is -2.20. The maximum Gasteiger partial charge on any atom is 0.407 e. The zero-order chi connectivity index (χ0) is 14.2. The number of likely N-dealkylation sites (N-methyl/N-ethyl adjacent to an activating group) is 1. The third kappa shape index (κ3) is 7.89. The Bertz CT molecular complexity index is 274. The highest BCUT2D eigenvalue weighted by Gasteiger charge is 2.17. The van der Waals surface area contributed by atoms with E-state index in [-0.39, 0.29) is 12.0 Å². The van der Waals surface area contributed by atoms with Gasteiger partial charge in [-0.2, -0.15) is 0 Å². The molecule has 0 radical (unpaired) electrons. The van der Waals surface area contributed by atoms with Gasteiger partial charge in [-0.05, 0) is 40.7 Å². The van der Waals surface area contributed by atoms with Gasteiger partial charge in [0.05, 0.1) is 7.11 Å². The molecule has 0 rings (SSSR count). The van der Waals surface area contributed by atoms with Crippen LogP contribution >= 0.6 is 0 Å². The molecule has 0 aliphatic carbocycles. The van der Waals surface area contributed by atoms with Gasteiger partial charge in [0.2, 0.25) is 0 Å². The molecule has 0 spiro atoms. The second kappa shape index (κ2) is 7.92. The smallest absolute Gasteiger partial charge is 0.407 e. The normalized spacial score (nSPS) is 12.7. The molecule has 1 atom stereocenters. The minimum absolute atomic E-state index is 0.297. The van der Waals surface area contributed by atoms with E-state index in [4.69, 9.17) is 4.74 Å². The number of carbonyl (C=O) groups excluding carboxylic acids is 2. The van der Waals surface area contributed by atoms with E-state index < -0.39 is 11.7 Å². The summed E-state index contributed by atoms with van der Waals surface area (Å²) in [5.74, 6) is -0.297. The average Bonchev–Trinajstić information content (AvgIpc) is 2.26. The number of hydrogen-bond donors (Lipinski definition) is 2. The molecule has 106 valence electrons. The minimum Gasteiger partial charge on any atom is -0.468 e. The van der Waals surface area contributed by atoms with E-state index in [1.54, 1.807) is 27.8 Å². The molecule has 0 aromatic carbocycles. The van der Waals surface area contributed by atoms with Crippen LogP contribution < -0.4 is 10.6 Å². The standard InChI is InChI=1S/C12H24N2O4/c1-12(2,3)18-11(16)14-8-6-7-9(13-4)10(15)17-5/h9,13H,6-8H2,1-5H3,(H,14,16)/t9-/m0/s1. The second-order valence-electron chi connectivity index (χ2n) is 4.94. The van der Waals surface area contributed by atoms with Crippen molar-refractivity contribution < 1.29 is 19.1 Å². The zero-order valence-electron chi connectivity index (χ0n) is 11.8. The molecule has 0 aliphatic rings. The van der Waals surface area contributed by atoms with Crippen molar-refractivity contribution in [2.75, 3.05) is 20.7 Å². The Morgan fingerprint density at radius 2 is 1.89 bits per heavy atom. The maximum absolute atomic E-state index is 11.3. The van der Waals surface area contributed by atoms with E-state index in [2.05, 4.69) is 15.4 Å². The fourth-order valence-electron chi connectivity index (χ4n) is 1.33. The van der Waals surface area contributed by atoms with Gasteiger partial charge in [0, 0.05) is 6.54 Å². The van der Waals surface area contributed by atoms with Crippen LogP contribution in [0.1, 0.15) is 33.6 Å². The van der Waals surface area contributed by atoms with Crippen molar-refractivity contribution in [2.24, 2.45) is 0 Å². The van der Waals surface area contributed by atoms with Crippen LogP contribution in [0, 0.1) is 0 Å². The first-order valence-corrected chi connectivity index (χ1v) is 6.02. The second-order valence-corrected chi connectivity index (χ2v) is 4.94. The first-order valence-electron chi connectivity index (χ1n) is 6.02. The molecule has 18 heavy (non-hydrogen) atoms. The van der Waals surface area contributed by atoms with Gasteiger partial charge in [0.25, 0.3) is 0 Å². The topological polar surface area (TPSA) is 76.7 Å². The average molecular weight is 260 g/mol. The van der Waals surface area contributed by atoms with Gasteiger partial charge >= 0.3 is 12.1 Å². The summed E-state index contributed by atoms with van der Waals surface area (Å²) in [5.41, 5.74) is -0.496. The highest BCUT2D eigenvalue weighted by Crippen LogP contribution is 2.06. The number of alkyl carbamates (subject to hydrolysis) is 1. The number of carbonyl (C=O) groups is 2. The molecule has 0 aromatic rings. The fraction of sp³-hybridized carbons (Fsp3) is 0.833. The number of rotatable bonds is 6. The van der Waals surface area contributed by atoms with Crippen molar-refractivity contribution in [1.29, 1.82) is 0 Å². The van der Waals surface area contributed by atoms with Gasteiger partial charge in [-0.25, -0.2) is 4.79 Å². The Labute approximate surface area is 108 Å².